The van der Waals surface area contributed by atoms with Crippen molar-refractivity contribution in [1.82, 2.24) is 4.90 Å². The second-order valence-corrected chi connectivity index (χ2v) is 9.35. The second-order valence-electron chi connectivity index (χ2n) is 7.22. The molecule has 0 unspecified atom stereocenters. The number of nitrogens with zero attached hydrogens (tertiary/aromatic N) is 2. The molecule has 1 aliphatic carbocycles. The van der Waals surface area contributed by atoms with Crippen molar-refractivity contribution in [3.8, 4) is 6.07 Å². The van der Waals surface area contributed by atoms with Crippen molar-refractivity contribution in [3.05, 3.63) is 45.8 Å². The molecule has 31 heavy (non-hydrogen) atoms. The van der Waals surface area contributed by atoms with Crippen LogP contribution in [-0.2, 0) is 27.2 Å². The number of thiophene rings is 1. The van der Waals surface area contributed by atoms with Crippen molar-refractivity contribution < 1.29 is 19.1 Å². The summed E-state index contributed by atoms with van der Waals surface area (Å²) >= 11 is 2.67. The van der Waals surface area contributed by atoms with E-state index in [4.69, 9.17) is 4.74 Å². The molecule has 7 nitrogen and oxygen atoms in total. The molecule has 1 N–H and O–H groups in total. The van der Waals surface area contributed by atoms with E-state index in [1.807, 2.05) is 0 Å². The minimum Gasteiger partial charge on any atom is -0.452 e. The molecule has 0 atom stereocenters. The van der Waals surface area contributed by atoms with Crippen molar-refractivity contribution in [3.63, 3.8) is 0 Å². The minimum atomic E-state index is -0.637. The van der Waals surface area contributed by atoms with Crippen LogP contribution in [0.2, 0.25) is 0 Å². The van der Waals surface area contributed by atoms with Crippen LogP contribution in [-0.4, -0.2) is 49.1 Å². The third-order valence-electron chi connectivity index (χ3n) is 4.83. The van der Waals surface area contributed by atoms with E-state index in [9.17, 15) is 19.6 Å². The molecule has 0 saturated heterocycles. The second kappa shape index (κ2) is 10.5. The van der Waals surface area contributed by atoms with Gasteiger partial charge in [-0.05, 0) is 43.4 Å². The van der Waals surface area contributed by atoms with Crippen LogP contribution in [0.15, 0.2) is 29.2 Å². The minimum absolute atomic E-state index is 0.0699. The van der Waals surface area contributed by atoms with Gasteiger partial charge in [0.05, 0.1) is 16.9 Å². The average Bonchev–Trinajstić information content (AvgIpc) is 3.12. The zero-order valence-corrected chi connectivity index (χ0v) is 19.0. The predicted molar refractivity (Wildman–Crippen MR) is 120 cm³/mol. The van der Waals surface area contributed by atoms with E-state index < -0.39 is 18.5 Å². The van der Waals surface area contributed by atoms with Crippen molar-refractivity contribution in [2.24, 2.45) is 0 Å². The topological polar surface area (TPSA) is 99.5 Å². The van der Waals surface area contributed by atoms with Gasteiger partial charge in [-0.3, -0.25) is 9.59 Å². The zero-order valence-electron chi connectivity index (χ0n) is 17.4. The van der Waals surface area contributed by atoms with Gasteiger partial charge in [0.15, 0.2) is 6.61 Å². The van der Waals surface area contributed by atoms with Crippen molar-refractivity contribution >= 4 is 45.9 Å². The fourth-order valence-corrected chi connectivity index (χ4v) is 5.45. The molecular weight excluding hydrogens is 434 g/mol. The van der Waals surface area contributed by atoms with Gasteiger partial charge in [-0.25, -0.2) is 4.79 Å². The molecule has 1 aliphatic rings. The summed E-state index contributed by atoms with van der Waals surface area (Å²) in [5.74, 6) is -1.00. The van der Waals surface area contributed by atoms with Crippen LogP contribution in [0.1, 0.15) is 39.2 Å². The molecule has 0 saturated carbocycles. The Morgan fingerprint density at radius 2 is 1.97 bits per heavy atom. The summed E-state index contributed by atoms with van der Waals surface area (Å²) in [5.41, 5.74) is 1.85. The third kappa shape index (κ3) is 5.66. The summed E-state index contributed by atoms with van der Waals surface area (Å²) in [5, 5.41) is 12.7. The van der Waals surface area contributed by atoms with Crippen molar-refractivity contribution in [2.45, 2.75) is 30.6 Å². The highest BCUT2D eigenvalue weighted by atomic mass is 32.2. The molecule has 3 rings (SSSR count). The van der Waals surface area contributed by atoms with E-state index in [1.54, 1.807) is 38.4 Å². The number of hydrogen-bond acceptors (Lipinski definition) is 7. The SMILES string of the molecule is CN(C)C(=O)CSc1ccccc1C(=O)OCC(=O)Nc1sc2c(c1C#N)CCCC2. The number of carbonyl (C=O) groups is 3. The molecule has 0 aliphatic heterocycles. The first-order chi connectivity index (χ1) is 14.9. The van der Waals surface area contributed by atoms with Gasteiger partial charge in [0.2, 0.25) is 5.91 Å². The first kappa shape index (κ1) is 22.8. The Hall–Kier alpha value is -2.83. The van der Waals surface area contributed by atoms with Crippen LogP contribution in [0.4, 0.5) is 5.00 Å². The Bertz CT molecular complexity index is 1040. The number of thioether (sulfide) groups is 1. The summed E-state index contributed by atoms with van der Waals surface area (Å²) in [7, 11) is 3.34. The maximum atomic E-state index is 12.5. The van der Waals surface area contributed by atoms with E-state index in [2.05, 4.69) is 11.4 Å². The highest BCUT2D eigenvalue weighted by molar-refractivity contribution is 8.00. The smallest absolute Gasteiger partial charge is 0.339 e. The van der Waals surface area contributed by atoms with E-state index in [0.717, 1.165) is 36.1 Å². The van der Waals surface area contributed by atoms with Gasteiger partial charge >= 0.3 is 5.97 Å². The largest absolute Gasteiger partial charge is 0.452 e. The predicted octanol–water partition coefficient (Wildman–Crippen LogP) is 3.47. The monoisotopic (exact) mass is 457 g/mol. The molecule has 1 heterocycles. The normalized spacial score (nSPS) is 12.4. The third-order valence-corrected chi connectivity index (χ3v) is 7.09. The van der Waals surface area contributed by atoms with Gasteiger partial charge in [0.1, 0.15) is 11.1 Å². The van der Waals surface area contributed by atoms with Gasteiger partial charge in [-0.1, -0.05) is 12.1 Å². The van der Waals surface area contributed by atoms with Gasteiger partial charge in [-0.2, -0.15) is 5.26 Å². The Labute approximate surface area is 189 Å². The molecule has 0 spiro atoms. The molecule has 0 radical (unpaired) electrons. The molecular formula is C22H23N3O4S2. The number of nitrogens with one attached hydrogen (secondary N) is 1. The lowest BCUT2D eigenvalue weighted by Gasteiger charge is -2.12. The lowest BCUT2D eigenvalue weighted by Crippen LogP contribution is -2.23. The molecule has 162 valence electrons. The summed E-state index contributed by atoms with van der Waals surface area (Å²) in [6.07, 6.45) is 3.90. The molecule has 2 amide bonds. The summed E-state index contributed by atoms with van der Waals surface area (Å²) in [4.78, 5) is 39.9. The first-order valence-corrected chi connectivity index (χ1v) is 11.6. The number of hydrogen-bond donors (Lipinski definition) is 1. The Morgan fingerprint density at radius 1 is 1.23 bits per heavy atom. The number of nitriles is 1. The average molecular weight is 458 g/mol. The van der Waals surface area contributed by atoms with Gasteiger partial charge in [0, 0.05) is 23.9 Å². The number of benzene rings is 1. The van der Waals surface area contributed by atoms with Crippen LogP contribution in [0.25, 0.3) is 0 Å². The van der Waals surface area contributed by atoms with Crippen LogP contribution in [0.3, 0.4) is 0 Å². The first-order valence-electron chi connectivity index (χ1n) is 9.84. The molecule has 0 bridgehead atoms. The van der Waals surface area contributed by atoms with E-state index >= 15 is 0 Å². The number of aryl methyl sites for hydroxylation is 1. The van der Waals surface area contributed by atoms with Crippen LogP contribution >= 0.6 is 23.1 Å². The Morgan fingerprint density at radius 3 is 2.71 bits per heavy atom. The number of rotatable bonds is 7. The number of fused-ring (bicyclic) bond motifs is 1. The van der Waals surface area contributed by atoms with Crippen LogP contribution in [0, 0.1) is 11.3 Å². The number of esters is 1. The highest BCUT2D eigenvalue weighted by Gasteiger charge is 2.22. The van der Waals surface area contributed by atoms with Crippen molar-refractivity contribution in [1.29, 1.82) is 5.26 Å². The quantitative estimate of drug-likeness (QED) is 0.505. The lowest BCUT2D eigenvalue weighted by atomic mass is 9.96. The van der Waals surface area contributed by atoms with Crippen LogP contribution in [0.5, 0.6) is 0 Å². The molecule has 9 heteroatoms. The summed E-state index contributed by atoms with van der Waals surface area (Å²) in [6.45, 7) is -0.456. The van der Waals surface area contributed by atoms with Crippen molar-refractivity contribution in [2.75, 3.05) is 31.8 Å². The highest BCUT2D eigenvalue weighted by Crippen LogP contribution is 2.37. The van der Waals surface area contributed by atoms with Crippen LogP contribution < -0.4 is 5.32 Å². The lowest BCUT2D eigenvalue weighted by molar-refractivity contribution is -0.125. The number of anilines is 1. The van der Waals surface area contributed by atoms with E-state index in [-0.39, 0.29) is 11.7 Å². The van der Waals surface area contributed by atoms with Gasteiger partial charge in [-0.15, -0.1) is 23.1 Å². The summed E-state index contributed by atoms with van der Waals surface area (Å²) in [6, 6.07) is 9.00. The number of ether oxygens (including phenoxy) is 1. The molecule has 1 aromatic carbocycles. The fraction of sp³-hybridized carbons (Fsp3) is 0.364. The fourth-order valence-electron chi connectivity index (χ4n) is 3.17. The van der Waals surface area contributed by atoms with E-state index in [1.165, 1.54) is 28.0 Å². The summed E-state index contributed by atoms with van der Waals surface area (Å²) < 4.78 is 5.19. The maximum absolute atomic E-state index is 12.5. The zero-order chi connectivity index (χ0) is 22.4. The Kier molecular flexibility index (Phi) is 7.71. The Balaban J connectivity index is 1.60. The molecule has 2 aromatic rings. The number of carbonyl (C=O) groups excluding carboxylic acids is 3. The van der Waals surface area contributed by atoms with Gasteiger partial charge in [0.25, 0.3) is 5.91 Å². The maximum Gasteiger partial charge on any atom is 0.339 e. The molecule has 1 aromatic heterocycles. The standard InChI is InChI=1S/C22H23N3O4S2/c1-25(2)20(27)13-30-17-9-5-4-8-15(17)22(28)29-12-19(26)24-21-16(11-23)14-7-3-6-10-18(14)31-21/h4-5,8-9H,3,6-7,10,12-13H2,1-2H3,(H,24,26). The number of amides is 2. The van der Waals surface area contributed by atoms with Gasteiger partial charge < -0.3 is 15.0 Å². The van der Waals surface area contributed by atoms with E-state index in [0.29, 0.717) is 21.0 Å². The molecule has 0 fully saturated rings.